The summed E-state index contributed by atoms with van der Waals surface area (Å²) >= 11 is 0. The molecule has 1 aliphatic rings. The molecule has 1 saturated heterocycles. The third kappa shape index (κ3) is 3.45. The van der Waals surface area contributed by atoms with E-state index in [1.54, 1.807) is 0 Å². The van der Waals surface area contributed by atoms with Gasteiger partial charge in [0.15, 0.2) is 0 Å². The highest BCUT2D eigenvalue weighted by Crippen LogP contribution is 2.35. The van der Waals surface area contributed by atoms with E-state index >= 15 is 0 Å². The molecule has 104 valence electrons. The molecule has 1 fully saturated rings. The van der Waals surface area contributed by atoms with Gasteiger partial charge in [-0.2, -0.15) is 0 Å². The second-order valence-electron chi connectivity index (χ2n) is 5.47. The van der Waals surface area contributed by atoms with Crippen molar-refractivity contribution in [3.8, 4) is 0 Å². The predicted octanol–water partition coefficient (Wildman–Crippen LogP) is 1.51. The van der Waals surface area contributed by atoms with Gasteiger partial charge in [-0.15, -0.1) is 0 Å². The molecule has 0 aromatic rings. The molecule has 1 atom stereocenters. The van der Waals surface area contributed by atoms with Crippen LogP contribution in [0.4, 0.5) is 0 Å². The molecule has 1 N–H and O–H groups in total. The van der Waals surface area contributed by atoms with Crippen LogP contribution in [0.15, 0.2) is 0 Å². The number of likely N-dealkylation sites (tertiary alicyclic amines) is 1. The quantitative estimate of drug-likeness (QED) is 0.758. The highest BCUT2D eigenvalue weighted by Gasteiger charge is 2.44. The Balaban J connectivity index is 2.72. The van der Waals surface area contributed by atoms with Gasteiger partial charge in [0.05, 0.1) is 0 Å². The molecule has 0 aliphatic carbocycles. The number of hydrogen-bond acceptors (Lipinski definition) is 3. The molecule has 0 saturated carbocycles. The van der Waals surface area contributed by atoms with Crippen LogP contribution in [-0.4, -0.2) is 47.7 Å². The average Bonchev–Trinajstić information content (AvgIpc) is 2.26. The van der Waals surface area contributed by atoms with Crippen molar-refractivity contribution in [1.82, 2.24) is 4.90 Å². The topological polar surface area (TPSA) is 66.8 Å². The lowest BCUT2D eigenvalue weighted by molar-refractivity contribution is -0.160. The maximum Gasteiger partial charge on any atom is 0.326 e. The minimum absolute atomic E-state index is 0.0201. The number of carboxylic acids is 1. The summed E-state index contributed by atoms with van der Waals surface area (Å²) in [4.78, 5) is 24.9. The first-order valence-electron chi connectivity index (χ1n) is 6.50. The van der Waals surface area contributed by atoms with E-state index < -0.39 is 12.0 Å². The summed E-state index contributed by atoms with van der Waals surface area (Å²) in [6.07, 6.45) is 2.51. The Morgan fingerprint density at radius 1 is 1.44 bits per heavy atom. The van der Waals surface area contributed by atoms with E-state index in [0.29, 0.717) is 13.2 Å². The minimum atomic E-state index is -0.927. The van der Waals surface area contributed by atoms with Gasteiger partial charge >= 0.3 is 5.97 Å². The Kier molecular flexibility index (Phi) is 5.14. The van der Waals surface area contributed by atoms with Crippen LogP contribution < -0.4 is 0 Å². The smallest absolute Gasteiger partial charge is 0.326 e. The maximum absolute atomic E-state index is 12.0. The maximum atomic E-state index is 12.0. The van der Waals surface area contributed by atoms with E-state index in [-0.39, 0.29) is 17.9 Å². The van der Waals surface area contributed by atoms with Gasteiger partial charge in [-0.05, 0) is 24.7 Å². The zero-order valence-corrected chi connectivity index (χ0v) is 11.4. The zero-order chi connectivity index (χ0) is 13.8. The van der Waals surface area contributed by atoms with E-state index in [0.717, 1.165) is 19.3 Å². The Labute approximate surface area is 108 Å². The molecular formula is C13H23NO4. The number of aliphatic carboxylic acids is 1. The largest absolute Gasteiger partial charge is 0.480 e. The van der Waals surface area contributed by atoms with E-state index in [1.807, 2.05) is 20.8 Å². The van der Waals surface area contributed by atoms with Crippen LogP contribution in [0.5, 0.6) is 0 Å². The molecule has 0 spiro atoms. The SMILES string of the molecule is CCCOCC(=O)N1CCCC(C)(C)C1C(=O)O. The van der Waals surface area contributed by atoms with Crippen LogP contribution in [0.25, 0.3) is 0 Å². The molecule has 1 aliphatic heterocycles. The summed E-state index contributed by atoms with van der Waals surface area (Å²) in [6, 6.07) is -0.746. The lowest BCUT2D eigenvalue weighted by atomic mass is 9.76. The summed E-state index contributed by atoms with van der Waals surface area (Å²) in [7, 11) is 0. The van der Waals surface area contributed by atoms with E-state index in [1.165, 1.54) is 4.90 Å². The van der Waals surface area contributed by atoms with Crippen molar-refractivity contribution in [3.63, 3.8) is 0 Å². The zero-order valence-electron chi connectivity index (χ0n) is 11.4. The van der Waals surface area contributed by atoms with Gasteiger partial charge in [0.25, 0.3) is 0 Å². The van der Waals surface area contributed by atoms with Crippen molar-refractivity contribution >= 4 is 11.9 Å². The minimum Gasteiger partial charge on any atom is -0.480 e. The van der Waals surface area contributed by atoms with Crippen molar-refractivity contribution in [2.75, 3.05) is 19.8 Å². The number of ether oxygens (including phenoxy) is 1. The molecule has 18 heavy (non-hydrogen) atoms. The fraction of sp³-hybridized carbons (Fsp3) is 0.846. The molecule has 5 heteroatoms. The average molecular weight is 257 g/mol. The molecular weight excluding hydrogens is 234 g/mol. The first-order valence-corrected chi connectivity index (χ1v) is 6.50. The molecule has 0 aromatic heterocycles. The number of piperidine rings is 1. The predicted molar refractivity (Wildman–Crippen MR) is 67.3 cm³/mol. The number of nitrogens with zero attached hydrogens (tertiary/aromatic N) is 1. The monoisotopic (exact) mass is 257 g/mol. The van der Waals surface area contributed by atoms with Crippen LogP contribution in [-0.2, 0) is 14.3 Å². The van der Waals surface area contributed by atoms with Crippen molar-refractivity contribution in [1.29, 1.82) is 0 Å². The highest BCUT2D eigenvalue weighted by atomic mass is 16.5. The van der Waals surface area contributed by atoms with Crippen LogP contribution in [0.1, 0.15) is 40.0 Å². The molecule has 1 rings (SSSR count). The molecule has 0 bridgehead atoms. The number of carbonyl (C=O) groups is 2. The first kappa shape index (κ1) is 15.0. The van der Waals surface area contributed by atoms with Gasteiger partial charge in [-0.1, -0.05) is 20.8 Å². The number of hydrogen-bond donors (Lipinski definition) is 1. The number of carbonyl (C=O) groups excluding carboxylic acids is 1. The number of amides is 1. The Hall–Kier alpha value is -1.10. The van der Waals surface area contributed by atoms with Crippen molar-refractivity contribution in [2.45, 2.75) is 46.1 Å². The standard InChI is InChI=1S/C13H23NO4/c1-4-8-18-9-10(15)14-7-5-6-13(2,3)11(14)12(16)17/h11H,4-9H2,1-3H3,(H,16,17). The number of carboxylic acid groups (broad SMARTS) is 1. The van der Waals surface area contributed by atoms with Gasteiger partial charge < -0.3 is 14.7 Å². The molecule has 0 radical (unpaired) electrons. The first-order chi connectivity index (χ1) is 8.40. The Morgan fingerprint density at radius 3 is 2.67 bits per heavy atom. The van der Waals surface area contributed by atoms with Crippen LogP contribution in [0, 0.1) is 5.41 Å². The van der Waals surface area contributed by atoms with Gasteiger partial charge in [-0.25, -0.2) is 4.79 Å². The summed E-state index contributed by atoms with van der Waals surface area (Å²) < 4.78 is 5.21. The molecule has 5 nitrogen and oxygen atoms in total. The van der Waals surface area contributed by atoms with E-state index in [4.69, 9.17) is 4.74 Å². The fourth-order valence-corrected chi connectivity index (χ4v) is 2.52. The highest BCUT2D eigenvalue weighted by molar-refractivity contribution is 5.85. The van der Waals surface area contributed by atoms with Crippen LogP contribution in [0.3, 0.4) is 0 Å². The lowest BCUT2D eigenvalue weighted by Crippen LogP contribution is -2.57. The Morgan fingerprint density at radius 2 is 2.11 bits per heavy atom. The molecule has 1 unspecified atom stereocenters. The Bertz CT molecular complexity index is 314. The summed E-state index contributed by atoms with van der Waals surface area (Å²) in [5.41, 5.74) is -0.384. The van der Waals surface area contributed by atoms with Gasteiger partial charge in [0.2, 0.25) is 5.91 Å². The summed E-state index contributed by atoms with van der Waals surface area (Å²) in [5, 5.41) is 9.33. The summed E-state index contributed by atoms with van der Waals surface area (Å²) in [6.45, 7) is 6.79. The van der Waals surface area contributed by atoms with Crippen molar-refractivity contribution < 1.29 is 19.4 Å². The van der Waals surface area contributed by atoms with Crippen LogP contribution >= 0.6 is 0 Å². The van der Waals surface area contributed by atoms with Crippen molar-refractivity contribution in [2.24, 2.45) is 5.41 Å². The second kappa shape index (κ2) is 6.18. The molecule has 0 aromatic carbocycles. The molecule has 1 heterocycles. The third-order valence-electron chi connectivity index (χ3n) is 3.40. The lowest BCUT2D eigenvalue weighted by Gasteiger charge is -2.43. The van der Waals surface area contributed by atoms with Gasteiger partial charge in [-0.3, -0.25) is 4.79 Å². The number of rotatable bonds is 5. The van der Waals surface area contributed by atoms with Gasteiger partial charge in [0.1, 0.15) is 12.6 Å². The molecule has 1 amide bonds. The normalized spacial score (nSPS) is 22.8. The van der Waals surface area contributed by atoms with E-state index in [2.05, 4.69) is 0 Å². The van der Waals surface area contributed by atoms with E-state index in [9.17, 15) is 14.7 Å². The third-order valence-corrected chi connectivity index (χ3v) is 3.40. The van der Waals surface area contributed by atoms with Gasteiger partial charge in [0, 0.05) is 13.2 Å². The second-order valence-corrected chi connectivity index (χ2v) is 5.47. The fourth-order valence-electron chi connectivity index (χ4n) is 2.52. The van der Waals surface area contributed by atoms with Crippen LogP contribution in [0.2, 0.25) is 0 Å². The van der Waals surface area contributed by atoms with Crippen molar-refractivity contribution in [3.05, 3.63) is 0 Å². The summed E-state index contributed by atoms with van der Waals surface area (Å²) in [5.74, 6) is -1.15.